The zero-order chi connectivity index (χ0) is 12.6. The van der Waals surface area contributed by atoms with Crippen LogP contribution in [0.3, 0.4) is 0 Å². The topological polar surface area (TPSA) is 24.9 Å². The molecule has 1 aromatic carbocycles. The number of hydrogen-bond donors (Lipinski definition) is 1. The molecule has 0 unspecified atom stereocenters. The summed E-state index contributed by atoms with van der Waals surface area (Å²) in [7, 11) is 0. The van der Waals surface area contributed by atoms with Gasteiger partial charge in [-0.3, -0.25) is 4.98 Å². The van der Waals surface area contributed by atoms with Crippen molar-refractivity contribution in [1.29, 1.82) is 0 Å². The molecule has 1 heterocycles. The second kappa shape index (κ2) is 6.92. The van der Waals surface area contributed by atoms with Crippen LogP contribution in [0, 0.1) is 0 Å². The van der Waals surface area contributed by atoms with Crippen LogP contribution in [-0.2, 0) is 13.0 Å². The number of nitrogens with zero attached hydrogens (tertiary/aromatic N) is 1. The van der Waals surface area contributed by atoms with E-state index < -0.39 is 0 Å². The van der Waals surface area contributed by atoms with Gasteiger partial charge < -0.3 is 5.32 Å². The summed E-state index contributed by atoms with van der Waals surface area (Å²) in [6.07, 6.45) is 5.89. The molecule has 1 N–H and O–H groups in total. The highest BCUT2D eigenvalue weighted by Gasteiger charge is 2.02. The molecule has 0 fully saturated rings. The van der Waals surface area contributed by atoms with Crippen molar-refractivity contribution < 1.29 is 0 Å². The van der Waals surface area contributed by atoms with Gasteiger partial charge in [0.05, 0.1) is 0 Å². The minimum atomic E-state index is 0.949. The Bertz CT molecular complexity index is 466. The van der Waals surface area contributed by atoms with Crippen molar-refractivity contribution in [3.63, 3.8) is 0 Å². The summed E-state index contributed by atoms with van der Waals surface area (Å²) in [5, 5.41) is 3.46. The quantitative estimate of drug-likeness (QED) is 0.784. The Morgan fingerprint density at radius 1 is 1.06 bits per heavy atom. The lowest BCUT2D eigenvalue weighted by atomic mass is 10.0. The Hall–Kier alpha value is -1.67. The first kappa shape index (κ1) is 12.8. The molecule has 1 aromatic heterocycles. The SMILES string of the molecule is CCCNCc1ccccc1Cc1cccnc1. The lowest BCUT2D eigenvalue weighted by molar-refractivity contribution is 0.672. The van der Waals surface area contributed by atoms with Gasteiger partial charge in [-0.15, -0.1) is 0 Å². The first-order valence-corrected chi connectivity index (χ1v) is 6.56. The number of hydrogen-bond acceptors (Lipinski definition) is 2. The standard InChI is InChI=1S/C16H20N2/c1-2-9-17-13-16-8-4-3-7-15(16)11-14-6-5-10-18-12-14/h3-8,10,12,17H,2,9,11,13H2,1H3. The van der Waals surface area contributed by atoms with Crippen molar-refractivity contribution in [3.8, 4) is 0 Å². The molecule has 0 aliphatic rings. The van der Waals surface area contributed by atoms with E-state index in [4.69, 9.17) is 0 Å². The molecule has 2 heteroatoms. The minimum absolute atomic E-state index is 0.949. The molecule has 0 atom stereocenters. The van der Waals surface area contributed by atoms with Crippen molar-refractivity contribution in [3.05, 3.63) is 65.5 Å². The van der Waals surface area contributed by atoms with Crippen molar-refractivity contribution in [2.75, 3.05) is 6.54 Å². The summed E-state index contributed by atoms with van der Waals surface area (Å²) in [5.41, 5.74) is 4.03. The maximum Gasteiger partial charge on any atom is 0.0303 e. The summed E-state index contributed by atoms with van der Waals surface area (Å²) in [6.45, 7) is 4.21. The van der Waals surface area contributed by atoms with Crippen LogP contribution >= 0.6 is 0 Å². The van der Waals surface area contributed by atoms with Crippen molar-refractivity contribution >= 4 is 0 Å². The molecule has 0 saturated carbocycles. The molecular formula is C16H20N2. The zero-order valence-electron chi connectivity index (χ0n) is 10.9. The summed E-state index contributed by atoms with van der Waals surface area (Å²) in [6, 6.07) is 12.7. The Morgan fingerprint density at radius 2 is 1.89 bits per heavy atom. The predicted octanol–water partition coefficient (Wildman–Crippen LogP) is 3.17. The van der Waals surface area contributed by atoms with E-state index in [-0.39, 0.29) is 0 Å². The number of benzene rings is 1. The van der Waals surface area contributed by atoms with Crippen LogP contribution in [-0.4, -0.2) is 11.5 Å². The third-order valence-corrected chi connectivity index (χ3v) is 2.98. The third kappa shape index (κ3) is 3.67. The third-order valence-electron chi connectivity index (χ3n) is 2.98. The van der Waals surface area contributed by atoms with Crippen molar-refractivity contribution in [1.82, 2.24) is 10.3 Å². The van der Waals surface area contributed by atoms with Crippen LogP contribution in [0.15, 0.2) is 48.8 Å². The van der Waals surface area contributed by atoms with E-state index in [0.29, 0.717) is 0 Å². The van der Waals surface area contributed by atoms with Gasteiger partial charge in [-0.05, 0) is 42.1 Å². The Kier molecular flexibility index (Phi) is 4.91. The van der Waals surface area contributed by atoms with E-state index in [0.717, 1.165) is 19.5 Å². The van der Waals surface area contributed by atoms with Gasteiger partial charge in [0, 0.05) is 18.9 Å². The first-order chi connectivity index (χ1) is 8.90. The molecule has 0 bridgehead atoms. The van der Waals surface area contributed by atoms with E-state index >= 15 is 0 Å². The summed E-state index contributed by atoms with van der Waals surface area (Å²) >= 11 is 0. The van der Waals surface area contributed by atoms with Gasteiger partial charge in [-0.1, -0.05) is 37.3 Å². The van der Waals surface area contributed by atoms with Gasteiger partial charge in [0.25, 0.3) is 0 Å². The molecule has 18 heavy (non-hydrogen) atoms. The van der Waals surface area contributed by atoms with Gasteiger partial charge in [-0.2, -0.15) is 0 Å². The Labute approximate surface area is 109 Å². The van der Waals surface area contributed by atoms with Crippen molar-refractivity contribution in [2.45, 2.75) is 26.3 Å². The second-order valence-corrected chi connectivity index (χ2v) is 4.48. The average molecular weight is 240 g/mol. The van der Waals surface area contributed by atoms with Gasteiger partial charge in [0.2, 0.25) is 0 Å². The molecule has 0 amide bonds. The number of nitrogens with one attached hydrogen (secondary N) is 1. The second-order valence-electron chi connectivity index (χ2n) is 4.48. The van der Waals surface area contributed by atoms with Crippen LogP contribution < -0.4 is 5.32 Å². The van der Waals surface area contributed by atoms with Gasteiger partial charge in [-0.25, -0.2) is 0 Å². The van der Waals surface area contributed by atoms with Crippen LogP contribution in [0.2, 0.25) is 0 Å². The maximum absolute atomic E-state index is 4.17. The van der Waals surface area contributed by atoms with E-state index in [1.165, 1.54) is 23.1 Å². The molecule has 2 nitrogen and oxygen atoms in total. The lowest BCUT2D eigenvalue weighted by Gasteiger charge is -2.10. The predicted molar refractivity (Wildman–Crippen MR) is 75.5 cm³/mol. The first-order valence-electron chi connectivity index (χ1n) is 6.56. The molecular weight excluding hydrogens is 220 g/mol. The molecule has 0 spiro atoms. The largest absolute Gasteiger partial charge is 0.313 e. The monoisotopic (exact) mass is 240 g/mol. The Balaban J connectivity index is 2.07. The molecule has 0 aliphatic carbocycles. The molecule has 2 aromatic rings. The summed E-state index contributed by atoms with van der Waals surface area (Å²) in [5.74, 6) is 0. The summed E-state index contributed by atoms with van der Waals surface area (Å²) in [4.78, 5) is 4.17. The summed E-state index contributed by atoms with van der Waals surface area (Å²) < 4.78 is 0. The highest BCUT2D eigenvalue weighted by Crippen LogP contribution is 2.13. The van der Waals surface area contributed by atoms with Crippen LogP contribution in [0.1, 0.15) is 30.0 Å². The van der Waals surface area contributed by atoms with Crippen LogP contribution in [0.4, 0.5) is 0 Å². The smallest absolute Gasteiger partial charge is 0.0303 e. The van der Waals surface area contributed by atoms with E-state index in [9.17, 15) is 0 Å². The fourth-order valence-corrected chi connectivity index (χ4v) is 2.02. The maximum atomic E-state index is 4.17. The molecule has 2 rings (SSSR count). The Morgan fingerprint density at radius 3 is 2.61 bits per heavy atom. The number of aromatic nitrogens is 1. The van der Waals surface area contributed by atoms with E-state index in [1.807, 2.05) is 18.5 Å². The minimum Gasteiger partial charge on any atom is -0.313 e. The molecule has 94 valence electrons. The average Bonchev–Trinajstić information content (AvgIpc) is 2.42. The van der Waals surface area contributed by atoms with E-state index in [2.05, 4.69) is 47.6 Å². The highest BCUT2D eigenvalue weighted by atomic mass is 14.8. The fourth-order valence-electron chi connectivity index (χ4n) is 2.02. The number of pyridine rings is 1. The molecule has 0 radical (unpaired) electrons. The van der Waals surface area contributed by atoms with Gasteiger partial charge in [0.15, 0.2) is 0 Å². The van der Waals surface area contributed by atoms with E-state index in [1.54, 1.807) is 0 Å². The molecule has 0 aliphatic heterocycles. The fraction of sp³-hybridized carbons (Fsp3) is 0.312. The van der Waals surface area contributed by atoms with Crippen LogP contribution in [0.5, 0.6) is 0 Å². The van der Waals surface area contributed by atoms with Crippen molar-refractivity contribution in [2.24, 2.45) is 0 Å². The normalized spacial score (nSPS) is 10.5. The van der Waals surface area contributed by atoms with Gasteiger partial charge >= 0.3 is 0 Å². The van der Waals surface area contributed by atoms with Crippen LogP contribution in [0.25, 0.3) is 0 Å². The highest BCUT2D eigenvalue weighted by molar-refractivity contribution is 5.31. The zero-order valence-corrected chi connectivity index (χ0v) is 10.9. The number of rotatable bonds is 6. The molecule has 0 saturated heterocycles. The lowest BCUT2D eigenvalue weighted by Crippen LogP contribution is -2.15. The van der Waals surface area contributed by atoms with Gasteiger partial charge in [0.1, 0.15) is 0 Å².